The van der Waals surface area contributed by atoms with Crippen LogP contribution in [0.15, 0.2) is 30.3 Å². The van der Waals surface area contributed by atoms with Crippen molar-refractivity contribution in [3.8, 4) is 0 Å². The molecular formula is C15H15NO3. The van der Waals surface area contributed by atoms with E-state index in [1.54, 1.807) is 0 Å². The van der Waals surface area contributed by atoms with Crippen molar-refractivity contribution in [1.82, 2.24) is 4.90 Å². The van der Waals surface area contributed by atoms with Crippen LogP contribution in [0, 0.1) is 11.8 Å². The normalized spacial score (nSPS) is 26.7. The highest BCUT2D eigenvalue weighted by molar-refractivity contribution is 6.07. The largest absolute Gasteiger partial charge is 0.300 e. The Morgan fingerprint density at radius 1 is 1.00 bits per heavy atom. The molecule has 0 spiro atoms. The van der Waals surface area contributed by atoms with E-state index in [0.717, 1.165) is 5.56 Å². The average molecular weight is 257 g/mol. The first-order chi connectivity index (χ1) is 9.16. The molecule has 1 aliphatic carbocycles. The number of hydrogen-bond acceptors (Lipinski definition) is 3. The van der Waals surface area contributed by atoms with Crippen molar-refractivity contribution < 1.29 is 14.4 Å². The Bertz CT molecular complexity index is 538. The predicted octanol–water partition coefficient (Wildman–Crippen LogP) is 1.54. The average Bonchev–Trinajstić information content (AvgIpc) is 2.65. The molecular weight excluding hydrogens is 242 g/mol. The number of imide groups is 1. The third-order valence-corrected chi connectivity index (χ3v) is 4.02. The fraction of sp³-hybridized carbons (Fsp3) is 0.400. The van der Waals surface area contributed by atoms with Crippen LogP contribution in [0.1, 0.15) is 24.8 Å². The second-order valence-corrected chi connectivity index (χ2v) is 5.24. The van der Waals surface area contributed by atoms with Gasteiger partial charge in [0.25, 0.3) is 0 Å². The molecule has 98 valence electrons. The van der Waals surface area contributed by atoms with Crippen LogP contribution in [0.3, 0.4) is 0 Å². The summed E-state index contributed by atoms with van der Waals surface area (Å²) in [6, 6.07) is 9.46. The van der Waals surface area contributed by atoms with E-state index in [2.05, 4.69) is 0 Å². The van der Waals surface area contributed by atoms with E-state index < -0.39 is 5.92 Å². The molecule has 0 N–H and O–H groups in total. The van der Waals surface area contributed by atoms with Gasteiger partial charge in [0.2, 0.25) is 11.8 Å². The summed E-state index contributed by atoms with van der Waals surface area (Å²) in [6.45, 7) is 0.319. The van der Waals surface area contributed by atoms with Crippen LogP contribution in [0.4, 0.5) is 0 Å². The molecule has 4 nitrogen and oxygen atoms in total. The molecule has 2 atom stereocenters. The van der Waals surface area contributed by atoms with Crippen LogP contribution < -0.4 is 0 Å². The maximum atomic E-state index is 12.3. The Morgan fingerprint density at radius 2 is 1.68 bits per heavy atom. The summed E-state index contributed by atoms with van der Waals surface area (Å²) in [4.78, 5) is 37.3. The molecule has 0 unspecified atom stereocenters. The minimum Gasteiger partial charge on any atom is -0.300 e. The number of likely N-dealkylation sites (tertiary alicyclic amines) is 1. The number of carbonyl (C=O) groups excluding carboxylic acids is 3. The highest BCUT2D eigenvalue weighted by atomic mass is 16.2. The van der Waals surface area contributed by atoms with Crippen LogP contribution in [0.5, 0.6) is 0 Å². The van der Waals surface area contributed by atoms with Gasteiger partial charge in [0.1, 0.15) is 5.78 Å². The molecule has 1 saturated heterocycles. The fourth-order valence-electron chi connectivity index (χ4n) is 2.99. The lowest BCUT2D eigenvalue weighted by Gasteiger charge is -2.18. The molecule has 1 saturated carbocycles. The quantitative estimate of drug-likeness (QED) is 0.755. The van der Waals surface area contributed by atoms with Crippen LogP contribution in [-0.2, 0) is 20.9 Å². The zero-order chi connectivity index (χ0) is 13.4. The van der Waals surface area contributed by atoms with Gasteiger partial charge in [-0.1, -0.05) is 30.3 Å². The van der Waals surface area contributed by atoms with E-state index in [-0.39, 0.29) is 29.9 Å². The van der Waals surface area contributed by atoms with E-state index in [4.69, 9.17) is 0 Å². The van der Waals surface area contributed by atoms with Gasteiger partial charge in [-0.3, -0.25) is 19.3 Å². The van der Waals surface area contributed by atoms with Crippen molar-refractivity contribution in [2.24, 2.45) is 11.8 Å². The number of hydrogen-bond donors (Lipinski definition) is 0. The Labute approximate surface area is 111 Å². The van der Waals surface area contributed by atoms with Crippen molar-refractivity contribution >= 4 is 17.6 Å². The Morgan fingerprint density at radius 3 is 2.42 bits per heavy atom. The number of fused-ring (bicyclic) bond motifs is 1. The Kier molecular flexibility index (Phi) is 2.93. The van der Waals surface area contributed by atoms with Gasteiger partial charge in [-0.25, -0.2) is 0 Å². The summed E-state index contributed by atoms with van der Waals surface area (Å²) >= 11 is 0. The van der Waals surface area contributed by atoms with Gasteiger partial charge in [-0.2, -0.15) is 0 Å². The molecule has 0 bridgehead atoms. The lowest BCUT2D eigenvalue weighted by molar-refractivity contribution is -0.140. The third kappa shape index (κ3) is 2.07. The van der Waals surface area contributed by atoms with Gasteiger partial charge >= 0.3 is 0 Å². The van der Waals surface area contributed by atoms with Gasteiger partial charge in [-0.15, -0.1) is 0 Å². The fourth-order valence-corrected chi connectivity index (χ4v) is 2.99. The maximum Gasteiger partial charge on any atom is 0.233 e. The van der Waals surface area contributed by atoms with Crippen LogP contribution in [-0.4, -0.2) is 22.5 Å². The smallest absolute Gasteiger partial charge is 0.233 e. The molecule has 0 aromatic heterocycles. The first-order valence-corrected chi connectivity index (χ1v) is 6.57. The zero-order valence-corrected chi connectivity index (χ0v) is 10.5. The summed E-state index contributed by atoms with van der Waals surface area (Å²) in [5, 5.41) is 0. The molecule has 2 amide bonds. The minimum absolute atomic E-state index is 0.101. The van der Waals surface area contributed by atoms with Crippen LogP contribution >= 0.6 is 0 Å². The van der Waals surface area contributed by atoms with Crippen molar-refractivity contribution in [2.45, 2.75) is 25.8 Å². The number of Topliss-reactive ketones (excluding diaryl/α,β-unsaturated/α-hetero) is 1. The van der Waals surface area contributed by atoms with Crippen LogP contribution in [0.2, 0.25) is 0 Å². The summed E-state index contributed by atoms with van der Waals surface area (Å²) in [7, 11) is 0. The number of nitrogens with zero attached hydrogens (tertiary/aromatic N) is 1. The Balaban J connectivity index is 1.81. The number of benzene rings is 1. The molecule has 1 aromatic rings. The summed E-state index contributed by atoms with van der Waals surface area (Å²) < 4.78 is 0. The summed E-state index contributed by atoms with van der Waals surface area (Å²) in [5.41, 5.74) is 0.939. The molecule has 1 aromatic carbocycles. The monoisotopic (exact) mass is 257 g/mol. The van der Waals surface area contributed by atoms with Crippen molar-refractivity contribution in [1.29, 1.82) is 0 Å². The van der Waals surface area contributed by atoms with E-state index in [1.165, 1.54) is 4.90 Å². The van der Waals surface area contributed by atoms with Gasteiger partial charge in [0, 0.05) is 12.8 Å². The molecule has 19 heavy (non-hydrogen) atoms. The van der Waals surface area contributed by atoms with E-state index >= 15 is 0 Å². The summed E-state index contributed by atoms with van der Waals surface area (Å²) in [6.07, 6.45) is 1.19. The predicted molar refractivity (Wildman–Crippen MR) is 67.8 cm³/mol. The first kappa shape index (κ1) is 12.1. The molecule has 2 aliphatic rings. The van der Waals surface area contributed by atoms with Crippen LogP contribution in [0.25, 0.3) is 0 Å². The summed E-state index contributed by atoms with van der Waals surface area (Å²) in [5.74, 6) is -0.853. The molecule has 3 rings (SSSR count). The minimum atomic E-state index is -0.405. The van der Waals surface area contributed by atoms with Gasteiger partial charge in [-0.05, 0) is 12.0 Å². The maximum absolute atomic E-state index is 12.3. The van der Waals surface area contributed by atoms with Crippen molar-refractivity contribution in [3.05, 3.63) is 35.9 Å². The molecule has 0 radical (unpaired) electrons. The first-order valence-electron chi connectivity index (χ1n) is 6.57. The lowest BCUT2D eigenvalue weighted by Crippen LogP contribution is -2.30. The highest BCUT2D eigenvalue weighted by Crippen LogP contribution is 2.37. The van der Waals surface area contributed by atoms with Gasteiger partial charge in [0.05, 0.1) is 18.4 Å². The molecule has 2 fully saturated rings. The molecule has 1 heterocycles. The molecule has 4 heteroatoms. The van der Waals surface area contributed by atoms with Crippen molar-refractivity contribution in [3.63, 3.8) is 0 Å². The second-order valence-electron chi connectivity index (χ2n) is 5.24. The standard InChI is InChI=1S/C15H15NO3/c17-11-6-7-12-13(8-11)15(19)16(14(12)18)9-10-4-2-1-3-5-10/h1-5,12-13H,6-9H2/t12-,13+/m1/s1. The second kappa shape index (κ2) is 4.61. The third-order valence-electron chi connectivity index (χ3n) is 4.02. The molecule has 1 aliphatic heterocycles. The number of rotatable bonds is 2. The lowest BCUT2D eigenvalue weighted by atomic mass is 9.80. The van der Waals surface area contributed by atoms with Gasteiger partial charge in [0.15, 0.2) is 0 Å². The SMILES string of the molecule is O=C1CC[C@H]2C(=O)N(Cc3ccccc3)C(=O)[C@H]2C1. The number of amides is 2. The number of ketones is 1. The van der Waals surface area contributed by atoms with E-state index in [1.807, 2.05) is 30.3 Å². The zero-order valence-electron chi connectivity index (χ0n) is 10.5. The Hall–Kier alpha value is -1.97. The van der Waals surface area contributed by atoms with E-state index in [0.29, 0.717) is 19.4 Å². The highest BCUT2D eigenvalue weighted by Gasteiger charge is 2.49. The van der Waals surface area contributed by atoms with E-state index in [9.17, 15) is 14.4 Å². The topological polar surface area (TPSA) is 54.5 Å². The van der Waals surface area contributed by atoms with Gasteiger partial charge < -0.3 is 0 Å². The van der Waals surface area contributed by atoms with Crippen molar-refractivity contribution in [2.75, 3.05) is 0 Å². The number of carbonyl (C=O) groups is 3.